The van der Waals surface area contributed by atoms with E-state index in [4.69, 9.17) is 15.5 Å². The number of piperidine rings is 1. The standard InChI is InChI=1S/C26H32F3N3O3/c1-2-34-24(33)32-18-15-25(16-19-32,21-9-4-3-5-10-21)23(30)31-17-7-6-8-20-11-13-22(14-12-20)35-26(27,28)29/h3-5,9-14H,2,6-8,15-19H2,1H3,(H2,30,31). The van der Waals surface area contributed by atoms with Crippen LogP contribution in [0.15, 0.2) is 59.6 Å². The molecule has 0 bridgehead atoms. The normalized spacial score (nSPS) is 16.1. The van der Waals surface area contributed by atoms with Crippen LogP contribution >= 0.6 is 0 Å². The zero-order valence-corrected chi connectivity index (χ0v) is 19.9. The third kappa shape index (κ3) is 7.37. The number of alkyl halides is 3. The van der Waals surface area contributed by atoms with Gasteiger partial charge in [0.15, 0.2) is 0 Å². The molecule has 1 saturated heterocycles. The summed E-state index contributed by atoms with van der Waals surface area (Å²) < 4.78 is 45.9. The molecular formula is C26H32F3N3O3. The first-order chi connectivity index (χ1) is 16.7. The lowest BCUT2D eigenvalue weighted by molar-refractivity contribution is -0.274. The number of amidine groups is 1. The molecule has 1 amide bonds. The van der Waals surface area contributed by atoms with Crippen molar-refractivity contribution in [2.45, 2.75) is 50.8 Å². The smallest absolute Gasteiger partial charge is 0.450 e. The van der Waals surface area contributed by atoms with Crippen LogP contribution in [-0.2, 0) is 16.6 Å². The Morgan fingerprint density at radius 3 is 2.31 bits per heavy atom. The van der Waals surface area contributed by atoms with Crippen molar-refractivity contribution in [3.63, 3.8) is 0 Å². The molecule has 2 aromatic rings. The Kier molecular flexibility index (Phi) is 9.01. The van der Waals surface area contributed by atoms with Crippen molar-refractivity contribution >= 4 is 11.9 Å². The van der Waals surface area contributed by atoms with Crippen molar-refractivity contribution in [2.75, 3.05) is 26.2 Å². The summed E-state index contributed by atoms with van der Waals surface area (Å²) >= 11 is 0. The molecule has 1 aliphatic heterocycles. The van der Waals surface area contributed by atoms with Crippen LogP contribution < -0.4 is 10.5 Å². The molecule has 3 rings (SSSR count). The minimum atomic E-state index is -4.69. The number of benzene rings is 2. The molecule has 0 aliphatic carbocycles. The van der Waals surface area contributed by atoms with Crippen LogP contribution in [0.1, 0.15) is 43.7 Å². The number of likely N-dealkylation sites (tertiary alicyclic amines) is 1. The van der Waals surface area contributed by atoms with Crippen LogP contribution in [0.3, 0.4) is 0 Å². The van der Waals surface area contributed by atoms with Gasteiger partial charge in [0.1, 0.15) is 11.6 Å². The molecule has 1 fully saturated rings. The molecule has 0 unspecified atom stereocenters. The van der Waals surface area contributed by atoms with Gasteiger partial charge in [-0.05, 0) is 62.3 Å². The van der Waals surface area contributed by atoms with Gasteiger partial charge < -0.3 is 20.1 Å². The van der Waals surface area contributed by atoms with Crippen molar-refractivity contribution in [1.29, 1.82) is 0 Å². The fraction of sp³-hybridized carbons (Fsp3) is 0.462. The molecule has 9 heteroatoms. The van der Waals surface area contributed by atoms with Crippen molar-refractivity contribution < 1.29 is 27.4 Å². The molecule has 6 nitrogen and oxygen atoms in total. The van der Waals surface area contributed by atoms with Gasteiger partial charge >= 0.3 is 12.5 Å². The topological polar surface area (TPSA) is 77.2 Å². The van der Waals surface area contributed by atoms with E-state index in [9.17, 15) is 18.0 Å². The maximum Gasteiger partial charge on any atom is 0.573 e. The maximum atomic E-state index is 12.3. The van der Waals surface area contributed by atoms with Crippen LogP contribution in [0.5, 0.6) is 5.75 Å². The molecule has 0 spiro atoms. The molecule has 190 valence electrons. The molecule has 2 N–H and O–H groups in total. The van der Waals surface area contributed by atoms with E-state index in [0.717, 1.165) is 30.4 Å². The number of nitrogens with zero attached hydrogens (tertiary/aromatic N) is 2. The van der Waals surface area contributed by atoms with Crippen molar-refractivity contribution in [2.24, 2.45) is 10.7 Å². The van der Waals surface area contributed by atoms with Gasteiger partial charge in [-0.15, -0.1) is 13.2 Å². The minimum absolute atomic E-state index is 0.223. The zero-order valence-electron chi connectivity index (χ0n) is 19.9. The predicted molar refractivity (Wildman–Crippen MR) is 129 cm³/mol. The molecule has 35 heavy (non-hydrogen) atoms. The second kappa shape index (κ2) is 12.0. The summed E-state index contributed by atoms with van der Waals surface area (Å²) in [5.41, 5.74) is 8.16. The summed E-state index contributed by atoms with van der Waals surface area (Å²) in [5.74, 6) is 0.347. The number of aliphatic imine (C=N–C) groups is 1. The van der Waals surface area contributed by atoms with Gasteiger partial charge in [-0.2, -0.15) is 0 Å². The monoisotopic (exact) mass is 491 g/mol. The highest BCUT2D eigenvalue weighted by molar-refractivity contribution is 5.92. The Balaban J connectivity index is 1.57. The first kappa shape index (κ1) is 26.4. The van der Waals surface area contributed by atoms with Gasteiger partial charge in [0.25, 0.3) is 0 Å². The van der Waals surface area contributed by atoms with Crippen LogP contribution in [0.25, 0.3) is 0 Å². The minimum Gasteiger partial charge on any atom is -0.450 e. The second-order valence-electron chi connectivity index (χ2n) is 8.55. The average Bonchev–Trinajstić information content (AvgIpc) is 2.84. The summed E-state index contributed by atoms with van der Waals surface area (Å²) in [6.07, 6.45) is -1.32. The fourth-order valence-corrected chi connectivity index (χ4v) is 4.39. The van der Waals surface area contributed by atoms with Gasteiger partial charge in [-0.3, -0.25) is 4.99 Å². The third-order valence-corrected chi connectivity index (χ3v) is 6.27. The molecule has 1 heterocycles. The zero-order chi connectivity index (χ0) is 25.3. The summed E-state index contributed by atoms with van der Waals surface area (Å²) in [5, 5.41) is 0. The van der Waals surface area contributed by atoms with E-state index in [1.165, 1.54) is 12.1 Å². The predicted octanol–water partition coefficient (Wildman–Crippen LogP) is 5.46. The van der Waals surface area contributed by atoms with Gasteiger partial charge in [-0.25, -0.2) is 4.79 Å². The highest BCUT2D eigenvalue weighted by Gasteiger charge is 2.41. The van der Waals surface area contributed by atoms with E-state index in [1.54, 1.807) is 24.0 Å². The van der Waals surface area contributed by atoms with Gasteiger partial charge in [0, 0.05) is 19.6 Å². The van der Waals surface area contributed by atoms with Crippen molar-refractivity contribution in [1.82, 2.24) is 4.90 Å². The average molecular weight is 492 g/mol. The molecule has 0 saturated carbocycles. The van der Waals surface area contributed by atoms with E-state index >= 15 is 0 Å². The summed E-state index contributed by atoms with van der Waals surface area (Å²) in [6.45, 7) is 3.76. The highest BCUT2D eigenvalue weighted by Crippen LogP contribution is 2.36. The SMILES string of the molecule is CCOC(=O)N1CCC(C(N)=NCCCCc2ccc(OC(F)(F)F)cc2)(c2ccccc2)CC1. The lowest BCUT2D eigenvalue weighted by Crippen LogP contribution is -2.51. The Bertz CT molecular complexity index is 971. The van der Waals surface area contributed by atoms with Gasteiger partial charge in [-0.1, -0.05) is 42.5 Å². The van der Waals surface area contributed by atoms with Crippen LogP contribution in [0.2, 0.25) is 0 Å². The molecule has 0 aromatic heterocycles. The van der Waals surface area contributed by atoms with E-state index in [2.05, 4.69) is 16.9 Å². The van der Waals surface area contributed by atoms with Crippen LogP contribution in [-0.4, -0.2) is 49.4 Å². The molecule has 0 radical (unpaired) electrons. The number of carbonyl (C=O) groups is 1. The molecule has 2 aromatic carbocycles. The van der Waals surface area contributed by atoms with Gasteiger partial charge in [0.2, 0.25) is 0 Å². The molecule has 0 atom stereocenters. The number of carbonyl (C=O) groups excluding carboxylic acids is 1. The number of hydrogen-bond acceptors (Lipinski definition) is 4. The Hall–Kier alpha value is -3.23. The lowest BCUT2D eigenvalue weighted by Gasteiger charge is -2.41. The largest absolute Gasteiger partial charge is 0.573 e. The van der Waals surface area contributed by atoms with Gasteiger partial charge in [0.05, 0.1) is 12.0 Å². The lowest BCUT2D eigenvalue weighted by atomic mass is 9.71. The highest BCUT2D eigenvalue weighted by atomic mass is 19.4. The number of aryl methyl sites for hydroxylation is 1. The number of amides is 1. The number of halogens is 3. The van der Waals surface area contributed by atoms with Crippen molar-refractivity contribution in [3.05, 3.63) is 65.7 Å². The first-order valence-electron chi connectivity index (χ1n) is 11.9. The summed E-state index contributed by atoms with van der Waals surface area (Å²) in [6, 6.07) is 15.9. The number of unbranched alkanes of at least 4 members (excludes halogenated alkanes) is 1. The van der Waals surface area contributed by atoms with Crippen LogP contribution in [0.4, 0.5) is 18.0 Å². The number of hydrogen-bond donors (Lipinski definition) is 1. The number of nitrogens with two attached hydrogens (primary N) is 1. The van der Waals surface area contributed by atoms with E-state index < -0.39 is 11.8 Å². The maximum absolute atomic E-state index is 12.3. The number of ether oxygens (including phenoxy) is 2. The fourth-order valence-electron chi connectivity index (χ4n) is 4.39. The van der Waals surface area contributed by atoms with E-state index in [0.29, 0.717) is 44.9 Å². The molecule has 1 aliphatic rings. The summed E-state index contributed by atoms with van der Waals surface area (Å²) in [4.78, 5) is 18.6. The van der Waals surface area contributed by atoms with E-state index in [-0.39, 0.29) is 11.8 Å². The van der Waals surface area contributed by atoms with E-state index in [1.807, 2.05) is 18.2 Å². The number of rotatable bonds is 9. The third-order valence-electron chi connectivity index (χ3n) is 6.27. The Morgan fingerprint density at radius 2 is 1.71 bits per heavy atom. The Morgan fingerprint density at radius 1 is 1.06 bits per heavy atom. The molecular weight excluding hydrogens is 459 g/mol. The Labute approximate surface area is 203 Å². The summed E-state index contributed by atoms with van der Waals surface area (Å²) in [7, 11) is 0. The second-order valence-corrected chi connectivity index (χ2v) is 8.55. The van der Waals surface area contributed by atoms with Crippen molar-refractivity contribution in [3.8, 4) is 5.75 Å². The van der Waals surface area contributed by atoms with Crippen LogP contribution in [0, 0.1) is 0 Å². The quantitative estimate of drug-likeness (QED) is 0.287. The first-order valence-corrected chi connectivity index (χ1v) is 11.9.